The molecule has 10 nitrogen and oxygen atoms in total. The van der Waals surface area contributed by atoms with E-state index in [0.29, 0.717) is 17.5 Å². The fourth-order valence-corrected chi connectivity index (χ4v) is 6.02. The number of phenolic OH excluding ortho intramolecular Hbond substituents is 1. The van der Waals surface area contributed by atoms with E-state index >= 15 is 0 Å². The standard InChI is InChI=1S/C25H31N3O7/c1-6-10-9-14(27(2)3)12-7-11-8-13-18(28(4)5)21(31)17(24(26)34)23(33)25(13,35)22(32)15(11)20(30)16(12)19(10)29/h9,11,13,18,29,31-32,35H,6-8H2,1-5H3,(H2,26,34)/t11-,13-,18+,25-/m0/s1. The molecule has 3 aliphatic carbocycles. The Labute approximate surface area is 202 Å². The van der Waals surface area contributed by atoms with E-state index in [1.807, 2.05) is 32.0 Å². The normalized spacial score (nSPS) is 28.1. The topological polar surface area (TPSA) is 165 Å². The lowest BCUT2D eigenvalue weighted by Crippen LogP contribution is -2.63. The van der Waals surface area contributed by atoms with Gasteiger partial charge in [-0.05, 0) is 56.5 Å². The number of carbonyl (C=O) groups excluding carboxylic acids is 3. The summed E-state index contributed by atoms with van der Waals surface area (Å²) >= 11 is 0. The first-order valence-electron chi connectivity index (χ1n) is 11.5. The van der Waals surface area contributed by atoms with Gasteiger partial charge in [-0.25, -0.2) is 0 Å². The number of ketones is 2. The molecular formula is C25H31N3O7. The number of fused-ring (bicyclic) bond motifs is 3. The molecule has 1 aromatic rings. The molecule has 4 atom stereocenters. The fraction of sp³-hybridized carbons (Fsp3) is 0.480. The number of phenols is 1. The molecule has 0 aromatic heterocycles. The smallest absolute Gasteiger partial charge is 0.255 e. The second-order valence-corrected chi connectivity index (χ2v) is 9.97. The summed E-state index contributed by atoms with van der Waals surface area (Å²) in [5, 5.41) is 44.7. The third-order valence-electron chi connectivity index (χ3n) is 7.64. The quantitative estimate of drug-likeness (QED) is 0.387. The highest BCUT2D eigenvalue weighted by atomic mass is 16.3. The Balaban J connectivity index is 2.00. The van der Waals surface area contributed by atoms with E-state index in [-0.39, 0.29) is 29.7 Å². The summed E-state index contributed by atoms with van der Waals surface area (Å²) in [5.74, 6) is -6.43. The van der Waals surface area contributed by atoms with Crippen LogP contribution in [0.25, 0.3) is 0 Å². The van der Waals surface area contributed by atoms with E-state index in [1.165, 1.54) is 4.90 Å². The highest BCUT2D eigenvalue weighted by Gasteiger charge is 2.63. The second kappa shape index (κ2) is 8.10. The van der Waals surface area contributed by atoms with Crippen LogP contribution in [-0.4, -0.2) is 82.6 Å². The minimum Gasteiger partial charge on any atom is -0.510 e. The number of benzene rings is 1. The summed E-state index contributed by atoms with van der Waals surface area (Å²) in [5.41, 5.74) is 3.70. The molecule has 0 saturated heterocycles. The lowest BCUT2D eigenvalue weighted by atomic mass is 9.58. The minimum absolute atomic E-state index is 0.0360. The van der Waals surface area contributed by atoms with Crippen molar-refractivity contribution in [3.8, 4) is 5.75 Å². The molecule has 1 amide bonds. The van der Waals surface area contributed by atoms with Gasteiger partial charge in [0.15, 0.2) is 11.4 Å². The lowest BCUT2D eigenvalue weighted by Gasteiger charge is -2.50. The molecule has 35 heavy (non-hydrogen) atoms. The Bertz CT molecular complexity index is 1230. The first kappa shape index (κ1) is 24.7. The Hall–Kier alpha value is -3.37. The van der Waals surface area contributed by atoms with E-state index in [2.05, 4.69) is 0 Å². The van der Waals surface area contributed by atoms with E-state index in [1.54, 1.807) is 14.1 Å². The zero-order valence-electron chi connectivity index (χ0n) is 20.4. The molecule has 0 spiro atoms. The number of rotatable bonds is 4. The van der Waals surface area contributed by atoms with Crippen molar-refractivity contribution in [1.82, 2.24) is 4.90 Å². The van der Waals surface area contributed by atoms with Gasteiger partial charge < -0.3 is 31.1 Å². The number of anilines is 1. The van der Waals surface area contributed by atoms with Crippen LogP contribution in [0.15, 0.2) is 28.7 Å². The van der Waals surface area contributed by atoms with Gasteiger partial charge in [0.1, 0.15) is 22.8 Å². The van der Waals surface area contributed by atoms with Crippen LogP contribution in [0, 0.1) is 11.8 Å². The maximum Gasteiger partial charge on any atom is 0.255 e. The summed E-state index contributed by atoms with van der Waals surface area (Å²) in [6.45, 7) is 1.84. The van der Waals surface area contributed by atoms with Crippen molar-refractivity contribution >= 4 is 23.2 Å². The average molecular weight is 486 g/mol. The van der Waals surface area contributed by atoms with Crippen molar-refractivity contribution in [3.05, 3.63) is 45.4 Å². The molecule has 3 aliphatic rings. The number of Topliss-reactive ketones (excluding diaryl/α,β-unsaturated/α-hetero) is 2. The number of hydrogen-bond acceptors (Lipinski definition) is 9. The van der Waals surface area contributed by atoms with Crippen molar-refractivity contribution in [1.29, 1.82) is 0 Å². The molecule has 4 rings (SSSR count). The first-order chi connectivity index (χ1) is 16.3. The number of amides is 1. The fourth-order valence-electron chi connectivity index (χ4n) is 6.02. The number of aliphatic hydroxyl groups excluding tert-OH is 2. The van der Waals surface area contributed by atoms with E-state index < -0.39 is 58.0 Å². The zero-order chi connectivity index (χ0) is 26.1. The predicted molar refractivity (Wildman–Crippen MR) is 127 cm³/mol. The van der Waals surface area contributed by atoms with Crippen molar-refractivity contribution < 1.29 is 34.8 Å². The second-order valence-electron chi connectivity index (χ2n) is 9.97. The number of hydrogen-bond donors (Lipinski definition) is 5. The first-order valence-corrected chi connectivity index (χ1v) is 11.5. The highest BCUT2D eigenvalue weighted by Crippen LogP contribution is 2.53. The highest BCUT2D eigenvalue weighted by molar-refractivity contribution is 6.24. The number of aromatic hydroxyl groups is 1. The number of carbonyl (C=O) groups is 3. The summed E-state index contributed by atoms with van der Waals surface area (Å²) in [7, 11) is 6.85. The number of likely N-dealkylation sites (N-methyl/N-ethyl adjacent to an activating group) is 1. The molecule has 0 saturated carbocycles. The van der Waals surface area contributed by atoms with Gasteiger partial charge >= 0.3 is 0 Å². The molecule has 0 bridgehead atoms. The van der Waals surface area contributed by atoms with Gasteiger partial charge in [-0.3, -0.25) is 19.3 Å². The van der Waals surface area contributed by atoms with Crippen LogP contribution in [-0.2, 0) is 22.4 Å². The largest absolute Gasteiger partial charge is 0.510 e. The average Bonchev–Trinajstić information content (AvgIpc) is 2.75. The van der Waals surface area contributed by atoms with Crippen LogP contribution < -0.4 is 10.6 Å². The van der Waals surface area contributed by atoms with Crippen LogP contribution in [0.2, 0.25) is 0 Å². The molecule has 0 heterocycles. The van der Waals surface area contributed by atoms with Crippen LogP contribution in [0.5, 0.6) is 5.75 Å². The van der Waals surface area contributed by atoms with Gasteiger partial charge in [0, 0.05) is 31.3 Å². The summed E-state index contributed by atoms with van der Waals surface area (Å²) < 4.78 is 0. The number of aryl methyl sites for hydroxylation is 1. The van der Waals surface area contributed by atoms with Gasteiger partial charge in [0.05, 0.1) is 11.6 Å². The van der Waals surface area contributed by atoms with Crippen molar-refractivity contribution in [2.24, 2.45) is 17.6 Å². The van der Waals surface area contributed by atoms with E-state index in [0.717, 1.165) is 5.69 Å². The Morgan fingerprint density at radius 1 is 1.17 bits per heavy atom. The number of aliphatic hydroxyl groups is 3. The minimum atomic E-state index is -2.63. The van der Waals surface area contributed by atoms with Crippen LogP contribution >= 0.6 is 0 Å². The molecular weight excluding hydrogens is 454 g/mol. The monoisotopic (exact) mass is 485 g/mol. The number of nitrogens with two attached hydrogens (primary N) is 1. The molecule has 0 aliphatic heterocycles. The van der Waals surface area contributed by atoms with Gasteiger partial charge in [-0.15, -0.1) is 0 Å². The third-order valence-corrected chi connectivity index (χ3v) is 7.64. The van der Waals surface area contributed by atoms with Crippen LogP contribution in [0.1, 0.15) is 34.8 Å². The maximum absolute atomic E-state index is 13.8. The lowest BCUT2D eigenvalue weighted by molar-refractivity contribution is -0.148. The number of nitrogens with zero attached hydrogens (tertiary/aromatic N) is 2. The zero-order valence-corrected chi connectivity index (χ0v) is 20.4. The van der Waals surface area contributed by atoms with Crippen molar-refractivity contribution in [2.45, 2.75) is 37.8 Å². The predicted octanol–water partition coefficient (Wildman–Crippen LogP) is 0.749. The SMILES string of the molecule is CCc1cc(N(C)C)c2c(c1O)C(=O)C1=C(O)[C@]3(O)C(=O)C(C(N)=O)=C(O)[C@H](N(C)C)[C@@H]3C[C@@H]1C2. The summed E-state index contributed by atoms with van der Waals surface area (Å²) in [4.78, 5) is 42.5. The summed E-state index contributed by atoms with van der Waals surface area (Å²) in [6.07, 6.45) is 0.789. The molecule has 0 radical (unpaired) electrons. The number of primary amides is 1. The van der Waals surface area contributed by atoms with Crippen molar-refractivity contribution in [3.63, 3.8) is 0 Å². The number of allylic oxidation sites excluding steroid dienone is 1. The molecule has 188 valence electrons. The van der Waals surface area contributed by atoms with Gasteiger partial charge in [0.2, 0.25) is 5.78 Å². The molecule has 10 heteroatoms. The van der Waals surface area contributed by atoms with Crippen LogP contribution in [0.4, 0.5) is 5.69 Å². The van der Waals surface area contributed by atoms with Gasteiger partial charge in [-0.2, -0.15) is 0 Å². The van der Waals surface area contributed by atoms with E-state index in [9.17, 15) is 34.8 Å². The van der Waals surface area contributed by atoms with Crippen molar-refractivity contribution in [2.75, 3.05) is 33.1 Å². The molecule has 6 N–H and O–H groups in total. The third kappa shape index (κ3) is 3.20. The molecule has 0 unspecified atom stereocenters. The van der Waals surface area contributed by atoms with E-state index in [4.69, 9.17) is 5.73 Å². The summed E-state index contributed by atoms with van der Waals surface area (Å²) in [6, 6.07) is 0.819. The van der Waals surface area contributed by atoms with Gasteiger partial charge in [0.25, 0.3) is 5.91 Å². The Kier molecular flexibility index (Phi) is 5.72. The Morgan fingerprint density at radius 2 is 1.80 bits per heavy atom. The molecule has 0 fully saturated rings. The molecule has 1 aromatic carbocycles. The van der Waals surface area contributed by atoms with Gasteiger partial charge in [-0.1, -0.05) is 6.92 Å². The Morgan fingerprint density at radius 3 is 2.31 bits per heavy atom. The maximum atomic E-state index is 13.8. The van der Waals surface area contributed by atoms with Crippen LogP contribution in [0.3, 0.4) is 0 Å².